The highest BCUT2D eigenvalue weighted by Crippen LogP contribution is 2.51. The van der Waals surface area contributed by atoms with Gasteiger partial charge in [-0.2, -0.15) is 0 Å². The zero-order valence-corrected chi connectivity index (χ0v) is 34.8. The summed E-state index contributed by atoms with van der Waals surface area (Å²) in [5.74, 6) is 0.861. The lowest BCUT2D eigenvalue weighted by Gasteiger charge is -2.31. The maximum absolute atomic E-state index is 5.57. The Morgan fingerprint density at radius 3 is 1.57 bits per heavy atom. The standard InChI is InChI=1S/C54H42N2O.C2H6O/c1-4-14-36(29-34(2)57-3)38-24-28-50-46(31-38)48-33-40-22-21-39-32-47-45-30-37(35-15-8-5-9-16-35)23-27-49(45)55(41-17-10-6-11-18-41)53(47)43-25-26-44(52(40)51(39)43)54(48)56(50)42-19-12-7-13-20-42;1-3-2/h4-20,23-24,27-33H,1,21-22,25-26H2,2-3H3;1-2H3/b34-29+,36-14+;. The van der Waals surface area contributed by atoms with E-state index in [2.05, 4.69) is 172 Å². The third kappa shape index (κ3) is 6.01. The molecule has 0 N–H and O–H groups in total. The van der Waals surface area contributed by atoms with Crippen LogP contribution in [-0.4, -0.2) is 30.5 Å². The van der Waals surface area contributed by atoms with Crippen LogP contribution in [0.4, 0.5) is 0 Å². The SMILES string of the molecule is C=C/C=C(\C=C(/C)OC)c1ccc2c(c1)c1cc3c4c(c1n2-c1ccccc1)CCc1c-4c(cc2c4cc(-c5ccccc5)ccc4n(-c4ccccc4)c12)CC3.COC. The molecule has 0 bridgehead atoms. The first-order chi connectivity index (χ1) is 29.5. The first-order valence-electron chi connectivity index (χ1n) is 20.9. The van der Waals surface area contributed by atoms with Crippen LogP contribution in [0.1, 0.15) is 34.7 Å². The third-order valence-electron chi connectivity index (χ3n) is 12.5. The molecule has 0 atom stereocenters. The van der Waals surface area contributed by atoms with Crippen LogP contribution < -0.4 is 0 Å². The number of hydrogen-bond acceptors (Lipinski definition) is 2. The lowest BCUT2D eigenvalue weighted by Crippen LogP contribution is -2.16. The van der Waals surface area contributed by atoms with Gasteiger partial charge in [0, 0.05) is 47.1 Å². The maximum atomic E-state index is 5.57. The van der Waals surface area contributed by atoms with E-state index < -0.39 is 0 Å². The van der Waals surface area contributed by atoms with E-state index in [0.717, 1.165) is 42.6 Å². The zero-order valence-electron chi connectivity index (χ0n) is 34.8. The Kier molecular flexibility index (Phi) is 9.58. The van der Waals surface area contributed by atoms with Crippen LogP contribution in [0.2, 0.25) is 0 Å². The Morgan fingerprint density at radius 1 is 0.550 bits per heavy atom. The molecule has 0 spiro atoms. The summed E-state index contributed by atoms with van der Waals surface area (Å²) in [6, 6.07) is 51.8. The number of methoxy groups -OCH3 is 2. The van der Waals surface area contributed by atoms with Crippen LogP contribution in [-0.2, 0) is 35.2 Å². The zero-order chi connectivity index (χ0) is 40.9. The fraction of sp³-hybridized carbons (Fsp3) is 0.143. The largest absolute Gasteiger partial charge is 0.501 e. The minimum absolute atomic E-state index is 0.861. The van der Waals surface area contributed by atoms with Gasteiger partial charge in [-0.05, 0) is 155 Å². The molecule has 2 aliphatic rings. The molecular weight excluding hydrogens is 733 g/mol. The third-order valence-corrected chi connectivity index (χ3v) is 12.5. The summed E-state index contributed by atoms with van der Waals surface area (Å²) in [6.07, 6.45) is 10.0. The molecular formula is C56H48N2O2. The normalized spacial score (nSPS) is 13.4. The van der Waals surface area contributed by atoms with Gasteiger partial charge in [0.1, 0.15) is 0 Å². The highest BCUT2D eigenvalue weighted by molar-refractivity contribution is 6.17. The van der Waals surface area contributed by atoms with Crippen molar-refractivity contribution in [2.24, 2.45) is 0 Å². The topological polar surface area (TPSA) is 28.3 Å². The van der Waals surface area contributed by atoms with Gasteiger partial charge in [-0.1, -0.05) is 97.6 Å². The van der Waals surface area contributed by atoms with Crippen LogP contribution in [0.25, 0.3) is 82.8 Å². The van der Waals surface area contributed by atoms with E-state index in [9.17, 15) is 0 Å². The molecule has 0 amide bonds. The summed E-state index contributed by atoms with van der Waals surface area (Å²) in [5, 5.41) is 5.28. The summed E-state index contributed by atoms with van der Waals surface area (Å²) in [4.78, 5) is 0. The molecule has 0 radical (unpaired) electrons. The Balaban J connectivity index is 0.00000140. The van der Waals surface area contributed by atoms with Crippen molar-refractivity contribution < 1.29 is 9.47 Å². The van der Waals surface area contributed by atoms with E-state index in [-0.39, 0.29) is 0 Å². The van der Waals surface area contributed by atoms with Gasteiger partial charge < -0.3 is 18.6 Å². The summed E-state index contributed by atoms with van der Waals surface area (Å²) in [6.45, 7) is 6.02. The monoisotopic (exact) mass is 780 g/mol. The number of nitrogens with zero attached hydrogens (tertiary/aromatic N) is 2. The Morgan fingerprint density at radius 2 is 1.05 bits per heavy atom. The molecule has 4 nitrogen and oxygen atoms in total. The van der Waals surface area contributed by atoms with E-state index in [1.165, 1.54) is 99.5 Å². The molecule has 60 heavy (non-hydrogen) atoms. The predicted octanol–water partition coefficient (Wildman–Crippen LogP) is 13.8. The second kappa shape index (κ2) is 15.4. The molecule has 0 saturated heterocycles. The maximum Gasteiger partial charge on any atom is 0.0930 e. The van der Waals surface area contributed by atoms with Crippen molar-refractivity contribution in [2.45, 2.75) is 32.6 Å². The fourth-order valence-corrected chi connectivity index (χ4v) is 9.97. The number of fused-ring (bicyclic) bond motifs is 8. The molecule has 0 fully saturated rings. The van der Waals surface area contributed by atoms with Gasteiger partial charge >= 0.3 is 0 Å². The molecule has 0 aliphatic heterocycles. The molecule has 4 heteroatoms. The van der Waals surface area contributed by atoms with Crippen LogP contribution in [0, 0.1) is 0 Å². The molecule has 294 valence electrons. The van der Waals surface area contributed by atoms with Crippen LogP contribution >= 0.6 is 0 Å². The van der Waals surface area contributed by atoms with Crippen molar-refractivity contribution in [3.63, 3.8) is 0 Å². The van der Waals surface area contributed by atoms with Crippen molar-refractivity contribution in [2.75, 3.05) is 21.3 Å². The van der Waals surface area contributed by atoms with E-state index in [1.54, 1.807) is 21.3 Å². The number of rotatable bonds is 7. The second-order valence-electron chi connectivity index (χ2n) is 16.0. The molecule has 2 aliphatic carbocycles. The Bertz CT molecular complexity index is 3180. The Hall–Kier alpha value is -6.88. The second-order valence-corrected chi connectivity index (χ2v) is 16.0. The highest BCUT2D eigenvalue weighted by Gasteiger charge is 2.33. The number of hydrogen-bond donors (Lipinski definition) is 0. The first-order valence-corrected chi connectivity index (χ1v) is 20.9. The van der Waals surface area contributed by atoms with Gasteiger partial charge in [-0.25, -0.2) is 0 Å². The molecule has 9 aromatic rings. The van der Waals surface area contributed by atoms with E-state index >= 15 is 0 Å². The number of allylic oxidation sites excluding steroid dienone is 5. The van der Waals surface area contributed by atoms with Gasteiger partial charge in [-0.15, -0.1) is 0 Å². The van der Waals surface area contributed by atoms with Crippen LogP contribution in [0.3, 0.4) is 0 Å². The summed E-state index contributed by atoms with van der Waals surface area (Å²) < 4.78 is 14.9. The number of ether oxygens (including phenoxy) is 2. The van der Waals surface area contributed by atoms with Crippen LogP contribution in [0.5, 0.6) is 0 Å². The van der Waals surface area contributed by atoms with Crippen molar-refractivity contribution in [3.05, 3.63) is 198 Å². The molecule has 0 unspecified atom stereocenters. The smallest absolute Gasteiger partial charge is 0.0930 e. The minimum atomic E-state index is 0.861. The molecule has 2 heterocycles. The van der Waals surface area contributed by atoms with Crippen molar-refractivity contribution in [1.82, 2.24) is 9.13 Å². The summed E-state index contributed by atoms with van der Waals surface area (Å²) in [5.41, 5.74) is 21.1. The molecule has 11 rings (SSSR count). The fourth-order valence-electron chi connectivity index (χ4n) is 9.97. The summed E-state index contributed by atoms with van der Waals surface area (Å²) in [7, 11) is 4.97. The average Bonchev–Trinajstić information content (AvgIpc) is 3.81. The highest BCUT2D eigenvalue weighted by atomic mass is 16.5. The van der Waals surface area contributed by atoms with Gasteiger partial charge in [0.2, 0.25) is 0 Å². The lowest BCUT2D eigenvalue weighted by molar-refractivity contribution is 0.277. The number of para-hydroxylation sites is 2. The van der Waals surface area contributed by atoms with Crippen molar-refractivity contribution >= 4 is 49.2 Å². The summed E-state index contributed by atoms with van der Waals surface area (Å²) >= 11 is 0. The molecule has 7 aromatic carbocycles. The first kappa shape index (κ1) is 37.4. The minimum Gasteiger partial charge on any atom is -0.501 e. The number of aromatic nitrogens is 2. The predicted molar refractivity (Wildman–Crippen MR) is 253 cm³/mol. The lowest BCUT2D eigenvalue weighted by atomic mass is 9.74. The van der Waals surface area contributed by atoms with Gasteiger partial charge in [0.05, 0.1) is 34.9 Å². The van der Waals surface area contributed by atoms with Gasteiger partial charge in [0.15, 0.2) is 0 Å². The molecule has 2 aromatic heterocycles. The van der Waals surface area contributed by atoms with Gasteiger partial charge in [0.25, 0.3) is 0 Å². The van der Waals surface area contributed by atoms with Crippen molar-refractivity contribution in [3.8, 4) is 33.6 Å². The van der Waals surface area contributed by atoms with Crippen LogP contribution in [0.15, 0.2) is 170 Å². The van der Waals surface area contributed by atoms with E-state index in [0.29, 0.717) is 0 Å². The quantitative estimate of drug-likeness (QED) is 0.119. The van der Waals surface area contributed by atoms with E-state index in [1.807, 2.05) is 13.0 Å². The number of aryl methyl sites for hydroxylation is 4. The van der Waals surface area contributed by atoms with Crippen molar-refractivity contribution in [1.29, 1.82) is 0 Å². The average molecular weight is 781 g/mol. The Labute approximate surface area is 351 Å². The van der Waals surface area contributed by atoms with Gasteiger partial charge in [-0.3, -0.25) is 0 Å². The molecule has 0 saturated carbocycles. The van der Waals surface area contributed by atoms with E-state index in [4.69, 9.17) is 4.74 Å². The number of benzene rings is 7.